The van der Waals surface area contributed by atoms with Gasteiger partial charge in [-0.1, -0.05) is 40.9 Å². The lowest BCUT2D eigenvalue weighted by Gasteiger charge is -2.11. The lowest BCUT2D eigenvalue weighted by Crippen LogP contribution is -2.37. The summed E-state index contributed by atoms with van der Waals surface area (Å²) >= 11 is 22.6. The van der Waals surface area contributed by atoms with Crippen LogP contribution in [0.3, 0.4) is 0 Å². The maximum atomic E-state index is 11.8. The summed E-state index contributed by atoms with van der Waals surface area (Å²) in [6.45, 7) is -0.237. The van der Waals surface area contributed by atoms with E-state index < -0.39 is 5.91 Å². The third-order valence-corrected chi connectivity index (χ3v) is 3.56. The van der Waals surface area contributed by atoms with Gasteiger partial charge in [-0.05, 0) is 48.6 Å². The second-order valence-corrected chi connectivity index (χ2v) is 6.06. The number of anilines is 1. The number of thiocarbonyl (C=S) groups is 1. The summed E-state index contributed by atoms with van der Waals surface area (Å²) in [4.78, 5) is 11.8. The Labute approximate surface area is 153 Å². The van der Waals surface area contributed by atoms with Crippen LogP contribution in [0.5, 0.6) is 5.75 Å². The van der Waals surface area contributed by atoms with Crippen LogP contribution in [0.15, 0.2) is 42.5 Å². The summed E-state index contributed by atoms with van der Waals surface area (Å²) in [7, 11) is 0. The topological polar surface area (TPSA) is 50.4 Å². The molecule has 0 bridgehead atoms. The van der Waals surface area contributed by atoms with Gasteiger partial charge in [0, 0.05) is 15.7 Å². The number of hydrogen-bond donors (Lipinski definition) is 2. The van der Waals surface area contributed by atoms with E-state index in [-0.39, 0.29) is 11.7 Å². The summed E-state index contributed by atoms with van der Waals surface area (Å²) in [5, 5.41) is 6.85. The van der Waals surface area contributed by atoms with Crippen LogP contribution in [0.25, 0.3) is 0 Å². The second-order valence-electron chi connectivity index (χ2n) is 4.38. The zero-order chi connectivity index (χ0) is 16.8. The molecule has 0 saturated carbocycles. The zero-order valence-corrected chi connectivity index (χ0v) is 14.7. The molecule has 120 valence electrons. The largest absolute Gasteiger partial charge is 0.482 e. The number of benzene rings is 2. The highest BCUT2D eigenvalue weighted by molar-refractivity contribution is 7.80. The second kappa shape index (κ2) is 8.36. The third kappa shape index (κ3) is 5.88. The van der Waals surface area contributed by atoms with Crippen LogP contribution in [0.1, 0.15) is 0 Å². The quantitative estimate of drug-likeness (QED) is 0.754. The summed E-state index contributed by atoms with van der Waals surface area (Å²) < 4.78 is 5.31. The number of rotatable bonds is 4. The van der Waals surface area contributed by atoms with Crippen LogP contribution in [0, 0.1) is 0 Å². The molecule has 1 amide bonds. The van der Waals surface area contributed by atoms with Gasteiger partial charge in [-0.3, -0.25) is 10.1 Å². The van der Waals surface area contributed by atoms with Gasteiger partial charge in [0.15, 0.2) is 11.7 Å². The molecular formula is C15H11Cl3N2O2S. The minimum atomic E-state index is -0.421. The first-order chi connectivity index (χ1) is 10.9. The van der Waals surface area contributed by atoms with Crippen LogP contribution < -0.4 is 15.4 Å². The van der Waals surface area contributed by atoms with E-state index in [1.807, 2.05) is 0 Å². The van der Waals surface area contributed by atoms with Gasteiger partial charge in [-0.2, -0.15) is 0 Å². The normalized spacial score (nSPS) is 10.0. The molecule has 0 aliphatic heterocycles. The van der Waals surface area contributed by atoms with Gasteiger partial charge in [0.05, 0.1) is 5.02 Å². The minimum absolute atomic E-state index is 0.142. The standard InChI is InChI=1S/C15H11Cl3N2O2S/c16-9-2-1-3-11(6-9)19-15(23)20-14(21)8-22-13-5-4-10(17)7-12(13)18/h1-7H,8H2,(H2,19,20,21,23). The minimum Gasteiger partial charge on any atom is -0.482 e. The number of hydrogen-bond acceptors (Lipinski definition) is 3. The highest BCUT2D eigenvalue weighted by Gasteiger charge is 2.08. The first-order valence-corrected chi connectivity index (χ1v) is 7.92. The first-order valence-electron chi connectivity index (χ1n) is 6.38. The molecule has 2 N–H and O–H groups in total. The molecule has 0 spiro atoms. The Bertz CT molecular complexity index is 740. The Kier molecular flexibility index (Phi) is 6.47. The van der Waals surface area contributed by atoms with Crippen LogP contribution in [-0.4, -0.2) is 17.6 Å². The van der Waals surface area contributed by atoms with Crippen LogP contribution in [0.4, 0.5) is 5.69 Å². The van der Waals surface area contributed by atoms with E-state index in [0.29, 0.717) is 26.5 Å². The van der Waals surface area contributed by atoms with E-state index >= 15 is 0 Å². The molecule has 0 fully saturated rings. The lowest BCUT2D eigenvalue weighted by molar-refractivity contribution is -0.121. The molecule has 2 aromatic rings. The molecule has 2 rings (SSSR count). The van der Waals surface area contributed by atoms with Crippen molar-refractivity contribution in [1.29, 1.82) is 0 Å². The van der Waals surface area contributed by atoms with Crippen molar-refractivity contribution in [3.63, 3.8) is 0 Å². The summed E-state index contributed by atoms with van der Waals surface area (Å²) in [5.74, 6) is -0.0597. The van der Waals surface area contributed by atoms with Crippen LogP contribution in [0.2, 0.25) is 15.1 Å². The van der Waals surface area contributed by atoms with Crippen LogP contribution in [-0.2, 0) is 4.79 Å². The van der Waals surface area contributed by atoms with Crippen molar-refractivity contribution in [2.24, 2.45) is 0 Å². The monoisotopic (exact) mass is 388 g/mol. The highest BCUT2D eigenvalue weighted by Crippen LogP contribution is 2.27. The smallest absolute Gasteiger partial charge is 0.264 e. The molecule has 0 aliphatic carbocycles. The Morgan fingerprint density at radius 2 is 1.83 bits per heavy atom. The molecule has 0 unspecified atom stereocenters. The molecular weight excluding hydrogens is 379 g/mol. The predicted octanol–water partition coefficient (Wildman–Crippen LogP) is 4.54. The molecule has 4 nitrogen and oxygen atoms in total. The van der Waals surface area contributed by atoms with Gasteiger partial charge in [-0.15, -0.1) is 0 Å². The highest BCUT2D eigenvalue weighted by atomic mass is 35.5. The average Bonchev–Trinajstić information content (AvgIpc) is 2.46. The van der Waals surface area contributed by atoms with Crippen molar-refractivity contribution >= 4 is 63.7 Å². The third-order valence-electron chi connectivity index (χ3n) is 2.59. The van der Waals surface area contributed by atoms with E-state index in [1.165, 1.54) is 6.07 Å². The molecule has 23 heavy (non-hydrogen) atoms. The number of carbonyl (C=O) groups is 1. The fraction of sp³-hybridized carbons (Fsp3) is 0.0667. The Morgan fingerprint density at radius 1 is 1.09 bits per heavy atom. The fourth-order valence-corrected chi connectivity index (χ4v) is 2.51. The van der Waals surface area contributed by atoms with E-state index in [1.54, 1.807) is 36.4 Å². The predicted molar refractivity (Wildman–Crippen MR) is 97.8 cm³/mol. The lowest BCUT2D eigenvalue weighted by atomic mass is 10.3. The van der Waals surface area contributed by atoms with E-state index in [2.05, 4.69) is 10.6 Å². The number of ether oxygens (including phenoxy) is 1. The van der Waals surface area contributed by atoms with Crippen molar-refractivity contribution in [2.45, 2.75) is 0 Å². The van der Waals surface area contributed by atoms with E-state index in [0.717, 1.165) is 0 Å². The molecule has 0 aromatic heterocycles. The number of halogens is 3. The summed E-state index contributed by atoms with van der Waals surface area (Å²) in [6, 6.07) is 11.7. The molecule has 0 radical (unpaired) electrons. The van der Waals surface area contributed by atoms with Gasteiger partial charge < -0.3 is 10.1 Å². The molecule has 0 aliphatic rings. The number of carbonyl (C=O) groups excluding carboxylic acids is 1. The Hall–Kier alpha value is -1.53. The fourth-order valence-electron chi connectivity index (χ4n) is 1.63. The van der Waals surface area contributed by atoms with Gasteiger partial charge in [-0.25, -0.2) is 0 Å². The summed E-state index contributed by atoms with van der Waals surface area (Å²) in [5.41, 5.74) is 0.671. The van der Waals surface area contributed by atoms with E-state index in [4.69, 9.17) is 51.8 Å². The Balaban J connectivity index is 1.83. The maximum absolute atomic E-state index is 11.8. The zero-order valence-electron chi connectivity index (χ0n) is 11.6. The van der Waals surface area contributed by atoms with E-state index in [9.17, 15) is 4.79 Å². The molecule has 0 saturated heterocycles. The van der Waals surface area contributed by atoms with Crippen molar-refractivity contribution in [3.05, 3.63) is 57.5 Å². The number of amides is 1. The maximum Gasteiger partial charge on any atom is 0.264 e. The average molecular weight is 390 g/mol. The van der Waals surface area contributed by atoms with Crippen molar-refractivity contribution in [3.8, 4) is 5.75 Å². The first kappa shape index (κ1) is 17.8. The molecule has 0 atom stereocenters. The van der Waals surface area contributed by atoms with Crippen molar-refractivity contribution in [1.82, 2.24) is 5.32 Å². The molecule has 2 aromatic carbocycles. The van der Waals surface area contributed by atoms with Gasteiger partial charge in [0.25, 0.3) is 5.91 Å². The molecule has 8 heteroatoms. The summed E-state index contributed by atoms with van der Waals surface area (Å²) in [6.07, 6.45) is 0. The Morgan fingerprint density at radius 3 is 2.52 bits per heavy atom. The number of nitrogens with one attached hydrogen (secondary N) is 2. The van der Waals surface area contributed by atoms with Crippen molar-refractivity contribution in [2.75, 3.05) is 11.9 Å². The van der Waals surface area contributed by atoms with Gasteiger partial charge in [0.2, 0.25) is 0 Å². The molecule has 0 heterocycles. The van der Waals surface area contributed by atoms with Crippen molar-refractivity contribution < 1.29 is 9.53 Å². The van der Waals surface area contributed by atoms with Gasteiger partial charge in [0.1, 0.15) is 5.75 Å². The van der Waals surface area contributed by atoms with Crippen LogP contribution >= 0.6 is 47.0 Å². The van der Waals surface area contributed by atoms with Gasteiger partial charge >= 0.3 is 0 Å². The SMILES string of the molecule is O=C(COc1ccc(Cl)cc1Cl)NC(=S)Nc1cccc(Cl)c1.